The molecule has 1 atom stereocenters. The van der Waals surface area contributed by atoms with Gasteiger partial charge in [-0.1, -0.05) is 6.07 Å². The van der Waals surface area contributed by atoms with Crippen LogP contribution in [-0.4, -0.2) is 44.2 Å². The number of benzene rings is 1. The van der Waals surface area contributed by atoms with E-state index in [9.17, 15) is 13.2 Å². The Balaban J connectivity index is 1.67. The summed E-state index contributed by atoms with van der Waals surface area (Å²) in [7, 11) is -0.527. The molecule has 1 aliphatic rings. The molecule has 3 heterocycles. The maximum atomic E-state index is 13.3. The average molecular weight is 433 g/mol. The first kappa shape index (κ1) is 19.3. The van der Waals surface area contributed by atoms with Gasteiger partial charge in [-0.05, 0) is 59.1 Å². The number of nitrogens with zero attached hydrogens (tertiary/aromatic N) is 2. The lowest BCUT2D eigenvalue weighted by molar-refractivity contribution is 0.0698. The second-order valence-corrected chi connectivity index (χ2v) is 10.9. The molecule has 0 spiro atoms. The number of amides is 1. The van der Waals surface area contributed by atoms with Crippen molar-refractivity contribution in [2.24, 2.45) is 0 Å². The molecule has 28 heavy (non-hydrogen) atoms. The van der Waals surface area contributed by atoms with E-state index in [-0.39, 0.29) is 16.8 Å². The van der Waals surface area contributed by atoms with Gasteiger partial charge in [-0.2, -0.15) is 0 Å². The van der Waals surface area contributed by atoms with Crippen molar-refractivity contribution in [2.45, 2.75) is 17.4 Å². The first-order valence-corrected chi connectivity index (χ1v) is 12.0. The van der Waals surface area contributed by atoms with Crippen LogP contribution in [-0.2, 0) is 16.4 Å². The minimum absolute atomic E-state index is 0.0796. The molecule has 0 bridgehead atoms. The Morgan fingerprint density at radius 1 is 1.07 bits per heavy atom. The van der Waals surface area contributed by atoms with E-state index in [1.807, 2.05) is 16.3 Å². The summed E-state index contributed by atoms with van der Waals surface area (Å²) in [6, 6.07) is 12.3. The molecule has 0 saturated carbocycles. The highest BCUT2D eigenvalue weighted by molar-refractivity contribution is 7.89. The van der Waals surface area contributed by atoms with Crippen LogP contribution in [0.3, 0.4) is 0 Å². The summed E-state index contributed by atoms with van der Waals surface area (Å²) in [6.07, 6.45) is 0.841. The quantitative estimate of drug-likeness (QED) is 0.629. The van der Waals surface area contributed by atoms with Gasteiger partial charge in [0.2, 0.25) is 10.0 Å². The fraction of sp³-hybridized carbons (Fsp3) is 0.250. The molecule has 1 amide bonds. The van der Waals surface area contributed by atoms with Crippen LogP contribution in [0.4, 0.5) is 0 Å². The van der Waals surface area contributed by atoms with E-state index in [1.54, 1.807) is 34.8 Å². The largest absolute Gasteiger partial charge is 0.326 e. The van der Waals surface area contributed by atoms with Crippen molar-refractivity contribution in [1.29, 1.82) is 0 Å². The first-order chi connectivity index (χ1) is 13.4. The second-order valence-electron chi connectivity index (χ2n) is 6.78. The molecule has 4 rings (SSSR count). The van der Waals surface area contributed by atoms with Crippen molar-refractivity contribution in [3.05, 3.63) is 74.1 Å². The van der Waals surface area contributed by atoms with Crippen LogP contribution in [0.1, 0.15) is 31.7 Å². The number of carbonyl (C=O) groups is 1. The summed E-state index contributed by atoms with van der Waals surface area (Å²) >= 11 is 3.39. The lowest BCUT2D eigenvalue weighted by atomic mass is 9.97. The van der Waals surface area contributed by atoms with Gasteiger partial charge in [0.25, 0.3) is 5.91 Å². The summed E-state index contributed by atoms with van der Waals surface area (Å²) in [6.45, 7) is 0.645. The highest BCUT2D eigenvalue weighted by atomic mass is 32.2. The lowest BCUT2D eigenvalue weighted by Crippen LogP contribution is -2.39. The van der Waals surface area contributed by atoms with E-state index in [0.717, 1.165) is 11.3 Å². The molecule has 0 saturated heterocycles. The Bertz CT molecular complexity index is 1080. The van der Waals surface area contributed by atoms with Gasteiger partial charge in [0.1, 0.15) is 0 Å². The fourth-order valence-corrected chi connectivity index (χ4v) is 6.09. The van der Waals surface area contributed by atoms with Crippen LogP contribution < -0.4 is 0 Å². The summed E-state index contributed by atoms with van der Waals surface area (Å²) in [5.74, 6) is -0.0796. The van der Waals surface area contributed by atoms with Crippen LogP contribution >= 0.6 is 22.7 Å². The molecule has 5 nitrogen and oxygen atoms in total. The van der Waals surface area contributed by atoms with Crippen LogP contribution in [0.2, 0.25) is 0 Å². The molecule has 0 N–H and O–H groups in total. The van der Waals surface area contributed by atoms with E-state index in [4.69, 9.17) is 0 Å². The zero-order valence-electron chi connectivity index (χ0n) is 15.5. The van der Waals surface area contributed by atoms with Gasteiger partial charge >= 0.3 is 0 Å². The minimum Gasteiger partial charge on any atom is -0.326 e. The molecule has 0 fully saturated rings. The Hall–Kier alpha value is -2.00. The third-order valence-electron chi connectivity index (χ3n) is 4.92. The van der Waals surface area contributed by atoms with E-state index < -0.39 is 10.0 Å². The van der Waals surface area contributed by atoms with Gasteiger partial charge in [0.15, 0.2) is 0 Å². The fourth-order valence-electron chi connectivity index (χ4n) is 3.43. The van der Waals surface area contributed by atoms with Crippen LogP contribution in [0.5, 0.6) is 0 Å². The van der Waals surface area contributed by atoms with Crippen LogP contribution in [0.25, 0.3) is 0 Å². The normalized spacial score (nSPS) is 17.0. The number of rotatable bonds is 4. The zero-order valence-corrected chi connectivity index (χ0v) is 18.0. The number of thiophene rings is 2. The van der Waals surface area contributed by atoms with Crippen molar-refractivity contribution in [1.82, 2.24) is 9.21 Å². The summed E-state index contributed by atoms with van der Waals surface area (Å²) < 4.78 is 25.7. The van der Waals surface area contributed by atoms with Gasteiger partial charge in [0.05, 0.1) is 10.9 Å². The molecule has 1 unspecified atom stereocenters. The Morgan fingerprint density at radius 2 is 1.82 bits per heavy atom. The van der Waals surface area contributed by atoms with Gasteiger partial charge in [-0.15, -0.1) is 22.7 Å². The summed E-state index contributed by atoms with van der Waals surface area (Å²) in [4.78, 5) is 17.9. The van der Waals surface area contributed by atoms with E-state index in [0.29, 0.717) is 12.1 Å². The molecule has 1 aromatic carbocycles. The topological polar surface area (TPSA) is 57.7 Å². The van der Waals surface area contributed by atoms with Crippen molar-refractivity contribution < 1.29 is 13.2 Å². The monoisotopic (exact) mass is 432 g/mol. The molecule has 2 aromatic heterocycles. The smallest absolute Gasteiger partial charge is 0.254 e. The van der Waals surface area contributed by atoms with Crippen molar-refractivity contribution in [3.63, 3.8) is 0 Å². The third-order valence-corrected chi connectivity index (χ3v) is 8.67. The maximum absolute atomic E-state index is 13.3. The number of sulfonamides is 1. The van der Waals surface area contributed by atoms with Gasteiger partial charge in [0, 0.05) is 36.0 Å². The third kappa shape index (κ3) is 3.30. The van der Waals surface area contributed by atoms with Crippen molar-refractivity contribution in [2.75, 3.05) is 20.6 Å². The molecule has 8 heteroatoms. The maximum Gasteiger partial charge on any atom is 0.254 e. The van der Waals surface area contributed by atoms with Gasteiger partial charge < -0.3 is 4.90 Å². The predicted molar refractivity (Wildman–Crippen MR) is 113 cm³/mol. The average Bonchev–Trinajstić information content (AvgIpc) is 3.38. The molecular formula is C20H20N2O3S3. The number of hydrogen-bond donors (Lipinski definition) is 0. The van der Waals surface area contributed by atoms with E-state index in [2.05, 4.69) is 17.5 Å². The lowest BCUT2D eigenvalue weighted by Gasteiger charge is -2.35. The molecule has 3 aromatic rings. The van der Waals surface area contributed by atoms with Crippen LogP contribution in [0.15, 0.2) is 58.1 Å². The van der Waals surface area contributed by atoms with Gasteiger partial charge in [-0.25, -0.2) is 12.7 Å². The van der Waals surface area contributed by atoms with Crippen LogP contribution in [0, 0.1) is 0 Å². The standard InChI is InChI=1S/C20H20N2O3S3/c1-21(2)28(24,25)15-7-5-14(6-8-15)20(23)22-11-9-17-16(10-13-27-17)19(22)18-4-3-12-26-18/h3-8,10,12-13,19H,9,11H2,1-2H3. The molecule has 146 valence electrons. The first-order valence-electron chi connectivity index (χ1n) is 8.83. The molecule has 1 aliphatic heterocycles. The summed E-state index contributed by atoms with van der Waals surface area (Å²) in [5, 5.41) is 4.11. The second kappa shape index (κ2) is 7.44. The van der Waals surface area contributed by atoms with Gasteiger partial charge in [-0.3, -0.25) is 4.79 Å². The van der Waals surface area contributed by atoms with E-state index in [1.165, 1.54) is 41.0 Å². The Morgan fingerprint density at radius 3 is 2.46 bits per heavy atom. The molecule has 0 radical (unpaired) electrons. The van der Waals surface area contributed by atoms with Crippen molar-refractivity contribution in [3.8, 4) is 0 Å². The predicted octanol–water partition coefficient (Wildman–Crippen LogP) is 3.85. The number of carbonyl (C=O) groups excluding carboxylic acids is 1. The SMILES string of the molecule is CN(C)S(=O)(=O)c1ccc(C(=O)N2CCc3sccc3C2c2cccs2)cc1. The Kier molecular flexibility index (Phi) is 5.13. The highest BCUT2D eigenvalue weighted by Crippen LogP contribution is 2.40. The van der Waals surface area contributed by atoms with E-state index >= 15 is 0 Å². The molecular weight excluding hydrogens is 412 g/mol. The number of hydrogen-bond acceptors (Lipinski definition) is 5. The highest BCUT2D eigenvalue weighted by Gasteiger charge is 2.34. The van der Waals surface area contributed by atoms with Crippen molar-refractivity contribution >= 4 is 38.6 Å². The minimum atomic E-state index is -3.51. The summed E-state index contributed by atoms with van der Waals surface area (Å²) in [5.41, 5.74) is 1.69. The molecule has 0 aliphatic carbocycles. The Labute approximate surface area is 172 Å². The zero-order chi connectivity index (χ0) is 19.9. The number of fused-ring (bicyclic) bond motifs is 1.